The number of carboxylic acid groups (broad SMARTS) is 2. The van der Waals surface area contributed by atoms with Crippen molar-refractivity contribution >= 4 is 35.5 Å². The van der Waals surface area contributed by atoms with Crippen LogP contribution in [0.5, 0.6) is 0 Å². The molecule has 0 aliphatic rings. The van der Waals surface area contributed by atoms with Crippen LogP contribution in [0.2, 0.25) is 0 Å². The Bertz CT molecular complexity index is 502. The number of carbonyl (C=O) groups excluding carboxylic acids is 2. The van der Waals surface area contributed by atoms with Crippen molar-refractivity contribution in [2.45, 2.75) is 57.7 Å². The summed E-state index contributed by atoms with van der Waals surface area (Å²) in [5.41, 5.74) is 5.87. The van der Waals surface area contributed by atoms with E-state index in [4.69, 9.17) is 15.9 Å². The lowest BCUT2D eigenvalue weighted by atomic mass is 9.99. The SMILES string of the molecule is CC[C@H](C)[C@H](N)C(=O)N[C@@H](CCSC)C(=O)N[C@@H](CCC(=O)O)C(=O)O. The van der Waals surface area contributed by atoms with Gasteiger partial charge in [-0.3, -0.25) is 14.4 Å². The zero-order valence-corrected chi connectivity index (χ0v) is 16.2. The van der Waals surface area contributed by atoms with Gasteiger partial charge < -0.3 is 26.6 Å². The van der Waals surface area contributed by atoms with Gasteiger partial charge in [-0.15, -0.1) is 0 Å². The standard InChI is InChI=1S/C16H29N3O6S/c1-4-9(2)13(17)15(23)18-10(7-8-26-3)14(22)19-11(16(24)25)5-6-12(20)21/h9-11,13H,4-8,17H2,1-3H3,(H,18,23)(H,19,22)(H,20,21)(H,24,25)/t9-,10-,11-,13-/m0/s1. The number of nitrogens with one attached hydrogen (secondary N) is 2. The van der Waals surface area contributed by atoms with E-state index >= 15 is 0 Å². The van der Waals surface area contributed by atoms with Crippen molar-refractivity contribution in [2.75, 3.05) is 12.0 Å². The monoisotopic (exact) mass is 391 g/mol. The van der Waals surface area contributed by atoms with E-state index in [1.165, 1.54) is 11.8 Å². The first-order chi connectivity index (χ1) is 12.1. The summed E-state index contributed by atoms with van der Waals surface area (Å²) in [4.78, 5) is 46.5. The quantitative estimate of drug-likeness (QED) is 0.294. The molecule has 0 heterocycles. The highest BCUT2D eigenvalue weighted by atomic mass is 32.2. The van der Waals surface area contributed by atoms with E-state index in [1.807, 2.05) is 20.1 Å². The molecule has 4 atom stereocenters. The first-order valence-corrected chi connectivity index (χ1v) is 9.83. The van der Waals surface area contributed by atoms with Crippen LogP contribution in [0.3, 0.4) is 0 Å². The van der Waals surface area contributed by atoms with E-state index in [0.717, 1.165) is 0 Å². The van der Waals surface area contributed by atoms with Crippen LogP contribution in [0.1, 0.15) is 39.5 Å². The number of carboxylic acids is 2. The number of nitrogens with two attached hydrogens (primary N) is 1. The molecule has 0 aromatic heterocycles. The Kier molecular flexibility index (Phi) is 11.7. The number of hydrogen-bond donors (Lipinski definition) is 5. The first-order valence-electron chi connectivity index (χ1n) is 8.43. The molecule has 150 valence electrons. The van der Waals surface area contributed by atoms with Crippen molar-refractivity contribution in [3.8, 4) is 0 Å². The zero-order chi connectivity index (χ0) is 20.3. The van der Waals surface area contributed by atoms with Crippen LogP contribution in [0.15, 0.2) is 0 Å². The van der Waals surface area contributed by atoms with Gasteiger partial charge in [0.2, 0.25) is 11.8 Å². The van der Waals surface area contributed by atoms with Gasteiger partial charge in [-0.05, 0) is 30.8 Å². The van der Waals surface area contributed by atoms with E-state index in [1.54, 1.807) is 0 Å². The molecule has 0 radical (unpaired) electrons. The highest BCUT2D eigenvalue weighted by Gasteiger charge is 2.29. The summed E-state index contributed by atoms with van der Waals surface area (Å²) in [6.45, 7) is 3.73. The summed E-state index contributed by atoms with van der Waals surface area (Å²) in [6.07, 6.45) is 2.21. The predicted molar refractivity (Wildman–Crippen MR) is 98.8 cm³/mol. The number of thioether (sulfide) groups is 1. The van der Waals surface area contributed by atoms with Crippen molar-refractivity contribution in [1.82, 2.24) is 10.6 Å². The van der Waals surface area contributed by atoms with Gasteiger partial charge in [-0.25, -0.2) is 4.79 Å². The van der Waals surface area contributed by atoms with Crippen LogP contribution < -0.4 is 16.4 Å². The van der Waals surface area contributed by atoms with Crippen molar-refractivity contribution < 1.29 is 29.4 Å². The van der Waals surface area contributed by atoms with E-state index in [-0.39, 0.29) is 12.3 Å². The van der Waals surface area contributed by atoms with Crippen molar-refractivity contribution in [3.05, 3.63) is 0 Å². The van der Waals surface area contributed by atoms with Crippen molar-refractivity contribution in [3.63, 3.8) is 0 Å². The van der Waals surface area contributed by atoms with E-state index in [2.05, 4.69) is 10.6 Å². The van der Waals surface area contributed by atoms with Crippen LogP contribution >= 0.6 is 11.8 Å². The van der Waals surface area contributed by atoms with Gasteiger partial charge in [-0.2, -0.15) is 11.8 Å². The molecule has 6 N–H and O–H groups in total. The van der Waals surface area contributed by atoms with Gasteiger partial charge in [0, 0.05) is 6.42 Å². The molecular formula is C16H29N3O6S. The van der Waals surface area contributed by atoms with Crippen LogP contribution in [-0.2, 0) is 19.2 Å². The van der Waals surface area contributed by atoms with Crippen LogP contribution in [0.4, 0.5) is 0 Å². The second-order valence-corrected chi connectivity index (χ2v) is 7.07. The molecule has 9 nitrogen and oxygen atoms in total. The summed E-state index contributed by atoms with van der Waals surface area (Å²) >= 11 is 1.48. The Morgan fingerprint density at radius 2 is 1.62 bits per heavy atom. The lowest BCUT2D eigenvalue weighted by molar-refractivity contribution is -0.143. The molecule has 10 heteroatoms. The van der Waals surface area contributed by atoms with Crippen molar-refractivity contribution in [1.29, 1.82) is 0 Å². The molecule has 26 heavy (non-hydrogen) atoms. The molecule has 0 saturated carbocycles. The molecule has 0 spiro atoms. The van der Waals surface area contributed by atoms with Gasteiger partial charge in [0.15, 0.2) is 0 Å². The van der Waals surface area contributed by atoms with E-state index < -0.39 is 48.3 Å². The Labute approximate surface area is 157 Å². The van der Waals surface area contributed by atoms with Crippen molar-refractivity contribution in [2.24, 2.45) is 11.7 Å². The molecule has 0 aliphatic heterocycles. The maximum atomic E-state index is 12.4. The fourth-order valence-electron chi connectivity index (χ4n) is 2.08. The second-order valence-electron chi connectivity index (χ2n) is 6.09. The molecule has 0 bridgehead atoms. The third kappa shape index (κ3) is 9.04. The fourth-order valence-corrected chi connectivity index (χ4v) is 2.55. The Morgan fingerprint density at radius 1 is 1.04 bits per heavy atom. The Morgan fingerprint density at radius 3 is 2.08 bits per heavy atom. The summed E-state index contributed by atoms with van der Waals surface area (Å²) < 4.78 is 0. The predicted octanol–water partition coefficient (Wildman–Crippen LogP) is 0.0319. The van der Waals surface area contributed by atoms with Crippen LogP contribution in [0, 0.1) is 5.92 Å². The largest absolute Gasteiger partial charge is 0.481 e. The fraction of sp³-hybridized carbons (Fsp3) is 0.750. The summed E-state index contributed by atoms with van der Waals surface area (Å²) in [6, 6.07) is -3.04. The van der Waals surface area contributed by atoms with Crippen LogP contribution in [0.25, 0.3) is 0 Å². The van der Waals surface area contributed by atoms with Gasteiger partial charge in [-0.1, -0.05) is 20.3 Å². The van der Waals surface area contributed by atoms with Gasteiger partial charge in [0.05, 0.1) is 6.04 Å². The molecular weight excluding hydrogens is 362 g/mol. The molecule has 0 aromatic carbocycles. The van der Waals surface area contributed by atoms with E-state index in [9.17, 15) is 19.2 Å². The number of rotatable bonds is 13. The molecule has 2 amide bonds. The molecule has 0 aliphatic carbocycles. The Hall–Kier alpha value is -1.81. The van der Waals surface area contributed by atoms with Gasteiger partial charge in [0.25, 0.3) is 0 Å². The lowest BCUT2D eigenvalue weighted by Gasteiger charge is -2.24. The molecule has 0 saturated heterocycles. The number of carbonyl (C=O) groups is 4. The number of hydrogen-bond acceptors (Lipinski definition) is 6. The molecule has 0 unspecified atom stereocenters. The normalized spacial score (nSPS) is 15.4. The Balaban J connectivity index is 5.02. The smallest absolute Gasteiger partial charge is 0.326 e. The second kappa shape index (κ2) is 12.5. The van der Waals surface area contributed by atoms with Gasteiger partial charge >= 0.3 is 11.9 Å². The minimum absolute atomic E-state index is 0.0680. The summed E-state index contributed by atoms with van der Waals surface area (Å²) in [5.74, 6) is -3.12. The number of amides is 2. The minimum atomic E-state index is -1.34. The number of aliphatic carboxylic acids is 2. The average Bonchev–Trinajstić information content (AvgIpc) is 2.59. The topological polar surface area (TPSA) is 159 Å². The minimum Gasteiger partial charge on any atom is -0.481 e. The third-order valence-corrected chi connectivity index (χ3v) is 4.71. The zero-order valence-electron chi connectivity index (χ0n) is 15.4. The molecule has 0 fully saturated rings. The van der Waals surface area contributed by atoms with Gasteiger partial charge in [0.1, 0.15) is 12.1 Å². The molecule has 0 rings (SSSR count). The summed E-state index contributed by atoms with van der Waals surface area (Å²) in [7, 11) is 0. The highest BCUT2D eigenvalue weighted by molar-refractivity contribution is 7.98. The lowest BCUT2D eigenvalue weighted by Crippen LogP contribution is -2.55. The first kappa shape index (κ1) is 24.2. The summed E-state index contributed by atoms with van der Waals surface area (Å²) in [5, 5.41) is 22.7. The third-order valence-electron chi connectivity index (χ3n) is 4.06. The van der Waals surface area contributed by atoms with E-state index in [0.29, 0.717) is 18.6 Å². The molecule has 0 aromatic rings. The van der Waals surface area contributed by atoms with Crippen LogP contribution in [-0.4, -0.2) is 64.1 Å². The average molecular weight is 391 g/mol. The highest BCUT2D eigenvalue weighted by Crippen LogP contribution is 2.08. The maximum absolute atomic E-state index is 12.4. The maximum Gasteiger partial charge on any atom is 0.326 e.